The van der Waals surface area contributed by atoms with Gasteiger partial charge in [0.15, 0.2) is 0 Å². The van der Waals surface area contributed by atoms with Crippen molar-refractivity contribution in [3.63, 3.8) is 0 Å². The first-order valence-electron chi connectivity index (χ1n) is 14.6. The van der Waals surface area contributed by atoms with Crippen molar-refractivity contribution in [2.45, 2.75) is 51.0 Å². The molecule has 0 spiro atoms. The number of benzene rings is 2. The molecule has 2 fully saturated rings. The van der Waals surface area contributed by atoms with E-state index in [9.17, 15) is 23.5 Å². The molecule has 0 bridgehead atoms. The fourth-order valence-electron chi connectivity index (χ4n) is 5.89. The topological polar surface area (TPSA) is 130 Å². The molecule has 2 aromatic heterocycles. The fourth-order valence-corrected chi connectivity index (χ4v) is 5.89. The SMILES string of the molecule is Cc1ccc2c(NC(=O)C3CCC(F)(F)C3)cccc2c1Oc1ncccc1-c1ccnc(NC2CCCN(C(=O)O)C2)n1. The molecule has 2 atom stereocenters. The third-order valence-electron chi connectivity index (χ3n) is 8.17. The van der Waals surface area contributed by atoms with Crippen molar-refractivity contribution >= 4 is 34.4 Å². The Labute approximate surface area is 252 Å². The normalized spacial score (nSPS) is 19.5. The molecular weight excluding hydrogens is 570 g/mol. The molecule has 2 aliphatic rings. The first-order chi connectivity index (χ1) is 21.2. The van der Waals surface area contributed by atoms with Crippen molar-refractivity contribution in [3.05, 3.63) is 66.5 Å². The van der Waals surface area contributed by atoms with Gasteiger partial charge in [0.25, 0.3) is 0 Å². The molecule has 3 N–H and O–H groups in total. The van der Waals surface area contributed by atoms with Crippen LogP contribution >= 0.6 is 0 Å². The summed E-state index contributed by atoms with van der Waals surface area (Å²) in [4.78, 5) is 39.2. The van der Waals surface area contributed by atoms with Crippen molar-refractivity contribution < 1.29 is 28.2 Å². The van der Waals surface area contributed by atoms with Crippen molar-refractivity contribution in [1.82, 2.24) is 19.9 Å². The maximum absolute atomic E-state index is 13.7. The number of carboxylic acid groups (broad SMARTS) is 1. The summed E-state index contributed by atoms with van der Waals surface area (Å²) in [5.74, 6) is -2.74. The van der Waals surface area contributed by atoms with Gasteiger partial charge in [0.05, 0.1) is 11.3 Å². The van der Waals surface area contributed by atoms with Gasteiger partial charge in [-0.2, -0.15) is 0 Å². The molecule has 12 heteroatoms. The number of nitrogens with zero attached hydrogens (tertiary/aromatic N) is 4. The van der Waals surface area contributed by atoms with Crippen LogP contribution < -0.4 is 15.4 Å². The van der Waals surface area contributed by atoms with Crippen LogP contribution in [-0.2, 0) is 4.79 Å². The number of aryl methyl sites for hydroxylation is 1. The number of piperidine rings is 1. The third kappa shape index (κ3) is 6.24. The van der Waals surface area contributed by atoms with E-state index in [0.29, 0.717) is 53.0 Å². The summed E-state index contributed by atoms with van der Waals surface area (Å²) in [6, 6.07) is 14.4. The molecule has 44 heavy (non-hydrogen) atoms. The number of anilines is 2. The Bertz CT molecular complexity index is 1720. The van der Waals surface area contributed by atoms with Crippen LogP contribution in [0.3, 0.4) is 0 Å². The Kier molecular flexibility index (Phi) is 7.98. The number of halogens is 2. The number of likely N-dealkylation sites (tertiary alicyclic amines) is 1. The van der Waals surface area contributed by atoms with E-state index in [1.807, 2.05) is 31.2 Å². The van der Waals surface area contributed by atoms with Gasteiger partial charge in [-0.25, -0.2) is 28.5 Å². The first-order valence-corrected chi connectivity index (χ1v) is 14.6. The highest BCUT2D eigenvalue weighted by Gasteiger charge is 2.42. The number of hydrogen-bond acceptors (Lipinski definition) is 7. The zero-order chi connectivity index (χ0) is 30.8. The Balaban J connectivity index is 1.26. The highest BCUT2D eigenvalue weighted by atomic mass is 19.3. The number of pyridine rings is 1. The Hall–Kier alpha value is -4.87. The quantitative estimate of drug-likeness (QED) is 0.213. The van der Waals surface area contributed by atoms with E-state index < -0.39 is 30.3 Å². The van der Waals surface area contributed by atoms with Crippen LogP contribution in [0.4, 0.5) is 25.2 Å². The maximum atomic E-state index is 13.7. The van der Waals surface area contributed by atoms with Gasteiger partial charge in [-0.05, 0) is 56.0 Å². The lowest BCUT2D eigenvalue weighted by atomic mass is 10.0. The molecule has 0 radical (unpaired) electrons. The molecular formula is C32H32F2N6O4. The van der Waals surface area contributed by atoms with Gasteiger partial charge in [-0.15, -0.1) is 0 Å². The van der Waals surface area contributed by atoms with Gasteiger partial charge >= 0.3 is 6.09 Å². The van der Waals surface area contributed by atoms with E-state index in [1.165, 1.54) is 4.90 Å². The lowest BCUT2D eigenvalue weighted by molar-refractivity contribution is -0.120. The fraction of sp³-hybridized carbons (Fsp3) is 0.344. The summed E-state index contributed by atoms with van der Waals surface area (Å²) in [6.07, 6.45) is 3.27. The van der Waals surface area contributed by atoms with E-state index in [2.05, 4.69) is 25.6 Å². The molecule has 1 saturated heterocycles. The first kappa shape index (κ1) is 29.2. The number of carbonyl (C=O) groups is 2. The zero-order valence-corrected chi connectivity index (χ0v) is 24.1. The van der Waals surface area contributed by atoms with Gasteiger partial charge in [-0.3, -0.25) is 4.79 Å². The summed E-state index contributed by atoms with van der Waals surface area (Å²) in [5, 5.41) is 16.9. The Morgan fingerprint density at radius 1 is 1.05 bits per heavy atom. The number of nitrogens with one attached hydrogen (secondary N) is 2. The number of hydrogen-bond donors (Lipinski definition) is 3. The number of carbonyl (C=O) groups excluding carboxylic acids is 1. The molecule has 1 aliphatic heterocycles. The number of alkyl halides is 2. The van der Waals surface area contributed by atoms with Crippen LogP contribution in [-0.4, -0.2) is 62.0 Å². The highest BCUT2D eigenvalue weighted by Crippen LogP contribution is 2.41. The predicted octanol–water partition coefficient (Wildman–Crippen LogP) is 6.72. The second-order valence-electron chi connectivity index (χ2n) is 11.3. The van der Waals surface area contributed by atoms with Crippen molar-refractivity contribution in [2.75, 3.05) is 23.7 Å². The minimum Gasteiger partial charge on any atom is -0.465 e. The zero-order valence-electron chi connectivity index (χ0n) is 24.1. The highest BCUT2D eigenvalue weighted by molar-refractivity contribution is 6.05. The van der Waals surface area contributed by atoms with Crippen LogP contribution in [0.5, 0.6) is 11.6 Å². The summed E-state index contributed by atoms with van der Waals surface area (Å²) in [5.41, 5.74) is 2.54. The van der Waals surface area contributed by atoms with E-state index in [4.69, 9.17) is 4.74 Å². The van der Waals surface area contributed by atoms with Crippen LogP contribution in [0.15, 0.2) is 60.9 Å². The molecule has 6 rings (SSSR count). The van der Waals surface area contributed by atoms with Crippen molar-refractivity contribution in [1.29, 1.82) is 0 Å². The largest absolute Gasteiger partial charge is 0.465 e. The van der Waals surface area contributed by atoms with Crippen LogP contribution in [0, 0.1) is 12.8 Å². The van der Waals surface area contributed by atoms with E-state index in [1.54, 1.807) is 36.7 Å². The lowest BCUT2D eigenvalue weighted by Gasteiger charge is -2.31. The minimum absolute atomic E-state index is 0.113. The molecule has 2 amide bonds. The second-order valence-corrected chi connectivity index (χ2v) is 11.3. The van der Waals surface area contributed by atoms with E-state index in [-0.39, 0.29) is 18.9 Å². The minimum atomic E-state index is -2.81. The van der Waals surface area contributed by atoms with Gasteiger partial charge in [-0.1, -0.05) is 24.3 Å². The molecule has 2 unspecified atom stereocenters. The van der Waals surface area contributed by atoms with Crippen LogP contribution in [0.2, 0.25) is 0 Å². The molecule has 1 saturated carbocycles. The number of amides is 2. The molecule has 2 aromatic carbocycles. The average molecular weight is 603 g/mol. The lowest BCUT2D eigenvalue weighted by Crippen LogP contribution is -2.44. The number of fused-ring (bicyclic) bond motifs is 1. The molecule has 1 aliphatic carbocycles. The average Bonchev–Trinajstić information content (AvgIpc) is 3.39. The summed E-state index contributed by atoms with van der Waals surface area (Å²) < 4.78 is 33.9. The van der Waals surface area contributed by atoms with Crippen LogP contribution in [0.1, 0.15) is 37.7 Å². The van der Waals surface area contributed by atoms with E-state index >= 15 is 0 Å². The van der Waals surface area contributed by atoms with Gasteiger partial charge in [0.2, 0.25) is 23.7 Å². The number of ether oxygens (including phenoxy) is 1. The van der Waals surface area contributed by atoms with Crippen LogP contribution in [0.25, 0.3) is 22.0 Å². The maximum Gasteiger partial charge on any atom is 0.407 e. The summed E-state index contributed by atoms with van der Waals surface area (Å²) in [6.45, 7) is 2.76. The van der Waals surface area contributed by atoms with Gasteiger partial charge in [0, 0.05) is 66.7 Å². The van der Waals surface area contributed by atoms with Gasteiger partial charge < -0.3 is 25.4 Å². The number of rotatable bonds is 7. The molecule has 3 heterocycles. The summed E-state index contributed by atoms with van der Waals surface area (Å²) >= 11 is 0. The third-order valence-corrected chi connectivity index (χ3v) is 8.17. The predicted molar refractivity (Wildman–Crippen MR) is 161 cm³/mol. The second kappa shape index (κ2) is 12.0. The Morgan fingerprint density at radius 2 is 1.91 bits per heavy atom. The smallest absolute Gasteiger partial charge is 0.407 e. The molecule has 4 aromatic rings. The Morgan fingerprint density at radius 3 is 2.70 bits per heavy atom. The standard InChI is InChI=1S/C32H32F2N6O4/c1-19-9-10-22-23(6-2-8-25(22)38-28(41)20-11-13-32(33,34)17-20)27(19)44-29-24(7-3-14-35-29)26-12-15-36-30(39-26)37-21-5-4-16-40(18-21)31(42)43/h2-3,6-10,12,14-15,20-21H,4-5,11,13,16-18H2,1H3,(H,38,41)(H,42,43)(H,36,37,39). The summed E-state index contributed by atoms with van der Waals surface area (Å²) in [7, 11) is 0. The van der Waals surface area contributed by atoms with Crippen molar-refractivity contribution in [2.24, 2.45) is 5.92 Å². The molecule has 228 valence electrons. The monoisotopic (exact) mass is 602 g/mol. The number of aromatic nitrogens is 3. The van der Waals surface area contributed by atoms with E-state index in [0.717, 1.165) is 23.8 Å². The van der Waals surface area contributed by atoms with Crippen molar-refractivity contribution in [3.8, 4) is 22.9 Å². The van der Waals surface area contributed by atoms with Gasteiger partial charge in [0.1, 0.15) is 5.75 Å². The molecule has 10 nitrogen and oxygen atoms in total.